The second-order valence-electron chi connectivity index (χ2n) is 4.37. The molecular weight excluding hydrogens is 242 g/mol. The number of benzene rings is 1. The maximum atomic E-state index is 5.39. The molecule has 3 heteroatoms. The number of nitrogens with one attached hydrogen (secondary N) is 1. The molecule has 1 atom stereocenters. The van der Waals surface area contributed by atoms with Crippen molar-refractivity contribution in [1.82, 2.24) is 5.32 Å². The first-order chi connectivity index (χ1) is 8.72. The van der Waals surface area contributed by atoms with Crippen LogP contribution in [0.2, 0.25) is 0 Å². The van der Waals surface area contributed by atoms with Gasteiger partial charge in [-0.25, -0.2) is 0 Å². The molecule has 1 N–H and O–H groups in total. The van der Waals surface area contributed by atoms with Crippen molar-refractivity contribution in [2.45, 2.75) is 26.4 Å². The van der Waals surface area contributed by atoms with Crippen molar-refractivity contribution in [3.05, 3.63) is 51.7 Å². The van der Waals surface area contributed by atoms with Crippen LogP contribution in [0.25, 0.3) is 0 Å². The summed E-state index contributed by atoms with van der Waals surface area (Å²) in [4.78, 5) is 1.40. The van der Waals surface area contributed by atoms with Crippen molar-refractivity contribution in [1.29, 1.82) is 0 Å². The first kappa shape index (κ1) is 13.1. The summed E-state index contributed by atoms with van der Waals surface area (Å²) in [6, 6.07) is 10.6. The van der Waals surface area contributed by atoms with Crippen LogP contribution >= 0.6 is 11.3 Å². The van der Waals surface area contributed by atoms with E-state index in [4.69, 9.17) is 4.74 Å². The van der Waals surface area contributed by atoms with Gasteiger partial charge in [0.1, 0.15) is 5.75 Å². The molecule has 0 aliphatic carbocycles. The standard InChI is InChI=1S/C15H19NOS/c1-11-8-9-18-15(11)10-16-12(2)13-6-4-5-7-14(13)17-3/h4-9,12,16H,10H2,1-3H3. The summed E-state index contributed by atoms with van der Waals surface area (Å²) in [5, 5.41) is 5.69. The van der Waals surface area contributed by atoms with Gasteiger partial charge in [-0.2, -0.15) is 0 Å². The largest absolute Gasteiger partial charge is 0.496 e. The maximum absolute atomic E-state index is 5.39. The van der Waals surface area contributed by atoms with Crippen LogP contribution in [-0.4, -0.2) is 7.11 Å². The highest BCUT2D eigenvalue weighted by Crippen LogP contribution is 2.25. The van der Waals surface area contributed by atoms with Gasteiger partial charge < -0.3 is 10.1 Å². The summed E-state index contributed by atoms with van der Waals surface area (Å²) in [6.45, 7) is 5.23. The minimum absolute atomic E-state index is 0.280. The predicted molar refractivity (Wildman–Crippen MR) is 77.3 cm³/mol. The van der Waals surface area contributed by atoms with Crippen molar-refractivity contribution in [3.8, 4) is 5.75 Å². The molecule has 0 bridgehead atoms. The van der Waals surface area contributed by atoms with Crippen LogP contribution in [-0.2, 0) is 6.54 Å². The van der Waals surface area contributed by atoms with Crippen LogP contribution in [0.3, 0.4) is 0 Å². The fraction of sp³-hybridized carbons (Fsp3) is 0.333. The Morgan fingerprint density at radius 3 is 2.72 bits per heavy atom. The molecule has 2 nitrogen and oxygen atoms in total. The molecule has 1 aromatic carbocycles. The molecule has 0 saturated heterocycles. The van der Waals surface area contributed by atoms with Crippen LogP contribution in [0.1, 0.15) is 29.0 Å². The quantitative estimate of drug-likeness (QED) is 0.881. The van der Waals surface area contributed by atoms with E-state index >= 15 is 0 Å². The van der Waals surface area contributed by atoms with Gasteiger partial charge in [-0.3, -0.25) is 0 Å². The number of thiophene rings is 1. The lowest BCUT2D eigenvalue weighted by atomic mass is 10.1. The topological polar surface area (TPSA) is 21.3 Å². The van der Waals surface area contributed by atoms with Crippen LogP contribution < -0.4 is 10.1 Å². The zero-order valence-electron chi connectivity index (χ0n) is 11.1. The summed E-state index contributed by atoms with van der Waals surface area (Å²) in [5.41, 5.74) is 2.56. The first-order valence-corrected chi connectivity index (χ1v) is 6.99. The fourth-order valence-corrected chi connectivity index (χ4v) is 2.82. The molecule has 2 rings (SSSR count). The monoisotopic (exact) mass is 261 g/mol. The average molecular weight is 261 g/mol. The second kappa shape index (κ2) is 6.03. The van der Waals surface area contributed by atoms with E-state index in [2.05, 4.69) is 36.7 Å². The third kappa shape index (κ3) is 2.92. The smallest absolute Gasteiger partial charge is 0.123 e. The molecule has 0 radical (unpaired) electrons. The Kier molecular flexibility index (Phi) is 4.39. The summed E-state index contributed by atoms with van der Waals surface area (Å²) in [6.07, 6.45) is 0. The highest BCUT2D eigenvalue weighted by molar-refractivity contribution is 7.10. The number of para-hydroxylation sites is 1. The van der Waals surface area contributed by atoms with E-state index in [1.807, 2.05) is 18.2 Å². The van der Waals surface area contributed by atoms with E-state index in [0.29, 0.717) is 0 Å². The van der Waals surface area contributed by atoms with Gasteiger partial charge in [0.15, 0.2) is 0 Å². The highest BCUT2D eigenvalue weighted by Gasteiger charge is 2.10. The molecule has 96 valence electrons. The van der Waals surface area contributed by atoms with E-state index in [1.54, 1.807) is 18.4 Å². The van der Waals surface area contributed by atoms with Crippen molar-refractivity contribution in [2.24, 2.45) is 0 Å². The Labute approximate surface area is 113 Å². The minimum atomic E-state index is 0.280. The SMILES string of the molecule is COc1ccccc1C(C)NCc1sccc1C. The molecular formula is C15H19NOS. The molecule has 0 amide bonds. The molecule has 2 aromatic rings. The molecule has 0 fully saturated rings. The van der Waals surface area contributed by atoms with Gasteiger partial charge in [0.05, 0.1) is 7.11 Å². The Morgan fingerprint density at radius 2 is 2.06 bits per heavy atom. The molecule has 1 heterocycles. The summed E-state index contributed by atoms with van der Waals surface area (Å²) in [7, 11) is 1.72. The molecule has 1 aromatic heterocycles. The lowest BCUT2D eigenvalue weighted by Crippen LogP contribution is -2.18. The van der Waals surface area contributed by atoms with E-state index in [0.717, 1.165) is 12.3 Å². The van der Waals surface area contributed by atoms with Gasteiger partial charge in [-0.05, 0) is 36.9 Å². The van der Waals surface area contributed by atoms with Gasteiger partial charge in [0.2, 0.25) is 0 Å². The molecule has 0 spiro atoms. The third-order valence-electron chi connectivity index (χ3n) is 3.14. The third-order valence-corrected chi connectivity index (χ3v) is 4.17. The lowest BCUT2D eigenvalue weighted by Gasteiger charge is -2.17. The molecule has 0 aliphatic heterocycles. The number of rotatable bonds is 5. The normalized spacial score (nSPS) is 12.4. The van der Waals surface area contributed by atoms with Crippen molar-refractivity contribution in [2.75, 3.05) is 7.11 Å². The van der Waals surface area contributed by atoms with Crippen LogP contribution in [0, 0.1) is 6.92 Å². The van der Waals surface area contributed by atoms with Crippen LogP contribution in [0.15, 0.2) is 35.7 Å². The Bertz CT molecular complexity index is 507. The number of hydrogen-bond acceptors (Lipinski definition) is 3. The van der Waals surface area contributed by atoms with E-state index in [1.165, 1.54) is 16.0 Å². The summed E-state index contributed by atoms with van der Waals surface area (Å²) >= 11 is 1.80. The number of methoxy groups -OCH3 is 1. The second-order valence-corrected chi connectivity index (χ2v) is 5.37. The van der Waals surface area contributed by atoms with Gasteiger partial charge in [0.25, 0.3) is 0 Å². The number of ether oxygens (including phenoxy) is 1. The fourth-order valence-electron chi connectivity index (χ4n) is 1.97. The molecule has 0 aliphatic rings. The summed E-state index contributed by atoms with van der Waals surface area (Å²) in [5.74, 6) is 0.945. The summed E-state index contributed by atoms with van der Waals surface area (Å²) < 4.78 is 5.39. The van der Waals surface area contributed by atoms with Crippen LogP contribution in [0.4, 0.5) is 0 Å². The zero-order valence-corrected chi connectivity index (χ0v) is 11.9. The van der Waals surface area contributed by atoms with Gasteiger partial charge in [-0.15, -0.1) is 11.3 Å². The zero-order chi connectivity index (χ0) is 13.0. The lowest BCUT2D eigenvalue weighted by molar-refractivity contribution is 0.401. The van der Waals surface area contributed by atoms with Crippen molar-refractivity contribution in [3.63, 3.8) is 0 Å². The Morgan fingerprint density at radius 1 is 1.28 bits per heavy atom. The van der Waals surface area contributed by atoms with E-state index < -0.39 is 0 Å². The van der Waals surface area contributed by atoms with Gasteiger partial charge >= 0.3 is 0 Å². The Balaban J connectivity index is 2.03. The maximum Gasteiger partial charge on any atom is 0.123 e. The molecule has 18 heavy (non-hydrogen) atoms. The van der Waals surface area contributed by atoms with Crippen molar-refractivity contribution < 1.29 is 4.74 Å². The molecule has 1 unspecified atom stereocenters. The minimum Gasteiger partial charge on any atom is -0.496 e. The first-order valence-electron chi connectivity index (χ1n) is 6.11. The average Bonchev–Trinajstić information content (AvgIpc) is 2.81. The van der Waals surface area contributed by atoms with E-state index in [9.17, 15) is 0 Å². The van der Waals surface area contributed by atoms with E-state index in [-0.39, 0.29) is 6.04 Å². The highest BCUT2D eigenvalue weighted by atomic mass is 32.1. The predicted octanol–water partition coefficient (Wildman–Crippen LogP) is 3.92. The van der Waals surface area contributed by atoms with Gasteiger partial charge in [-0.1, -0.05) is 18.2 Å². The molecule has 0 saturated carbocycles. The number of hydrogen-bond donors (Lipinski definition) is 1. The Hall–Kier alpha value is -1.32. The van der Waals surface area contributed by atoms with Gasteiger partial charge in [0, 0.05) is 23.0 Å². The number of aryl methyl sites for hydroxylation is 1. The van der Waals surface area contributed by atoms with Crippen LogP contribution in [0.5, 0.6) is 5.75 Å². The van der Waals surface area contributed by atoms with Crippen molar-refractivity contribution >= 4 is 11.3 Å².